The van der Waals surface area contributed by atoms with Gasteiger partial charge < -0.3 is 9.30 Å². The Morgan fingerprint density at radius 2 is 1.90 bits per heavy atom. The number of carbonyl (C=O) groups excluding carboxylic acids is 1. The highest BCUT2D eigenvalue weighted by molar-refractivity contribution is 5.77. The monoisotopic (exact) mass is 409 g/mol. The zero-order valence-electron chi connectivity index (χ0n) is 17.3. The van der Waals surface area contributed by atoms with Crippen LogP contribution in [0.1, 0.15) is 24.2 Å². The Kier molecular flexibility index (Phi) is 4.81. The lowest BCUT2D eigenvalue weighted by atomic mass is 10.1. The second-order valence-corrected chi connectivity index (χ2v) is 7.33. The Hall–Kier alpha value is -3.62. The third-order valence-corrected chi connectivity index (χ3v) is 5.49. The van der Waals surface area contributed by atoms with Crippen LogP contribution in [-0.2, 0) is 29.5 Å². The lowest BCUT2D eigenvalue weighted by molar-refractivity contribution is -0.144. The summed E-state index contributed by atoms with van der Waals surface area (Å²) in [5.74, 6) is -0.0834. The lowest BCUT2D eigenvalue weighted by Crippen LogP contribution is -2.43. The van der Waals surface area contributed by atoms with Gasteiger partial charge in [-0.15, -0.1) is 0 Å². The fraction of sp³-hybridized carbons (Fsp3) is 0.333. The van der Waals surface area contributed by atoms with Crippen LogP contribution in [0.5, 0.6) is 0 Å². The molecule has 0 fully saturated rings. The number of nitrogens with zero attached hydrogens (tertiary/aromatic N) is 5. The van der Waals surface area contributed by atoms with Crippen molar-refractivity contribution in [3.05, 3.63) is 68.6 Å². The van der Waals surface area contributed by atoms with E-state index in [1.54, 1.807) is 4.40 Å². The van der Waals surface area contributed by atoms with Crippen molar-refractivity contribution in [1.82, 2.24) is 23.1 Å². The first-order valence-corrected chi connectivity index (χ1v) is 9.66. The zero-order chi connectivity index (χ0) is 21.6. The molecule has 4 rings (SSSR count). The van der Waals surface area contributed by atoms with Crippen LogP contribution in [0.15, 0.2) is 46.1 Å². The molecule has 0 saturated carbocycles. The average Bonchev–Trinajstić information content (AvgIpc) is 3.25. The standard InChI is InChI=1S/C21H23N5O4/c1-13-12-25-16-17(22-20(25)24(13)11-10-15-8-6-5-7-9-15)23(3)21(29)26(18(16)27)14(2)19(28)30-4/h5-9,12,14H,10-11H2,1-4H3/t14-/m0/s1. The van der Waals surface area contributed by atoms with Crippen LogP contribution in [0.25, 0.3) is 16.9 Å². The van der Waals surface area contributed by atoms with Gasteiger partial charge in [0.05, 0.1) is 7.11 Å². The summed E-state index contributed by atoms with van der Waals surface area (Å²) < 4.78 is 10.6. The first-order chi connectivity index (χ1) is 14.3. The van der Waals surface area contributed by atoms with Gasteiger partial charge in [-0.05, 0) is 25.8 Å². The zero-order valence-corrected chi connectivity index (χ0v) is 17.3. The summed E-state index contributed by atoms with van der Waals surface area (Å²) in [4.78, 5) is 42.6. The molecule has 0 radical (unpaired) electrons. The quantitative estimate of drug-likeness (QED) is 0.465. The normalized spacial score (nSPS) is 12.5. The number of benzene rings is 1. The highest BCUT2D eigenvalue weighted by atomic mass is 16.5. The van der Waals surface area contributed by atoms with Gasteiger partial charge in [0.2, 0.25) is 5.78 Å². The second kappa shape index (κ2) is 7.33. The highest BCUT2D eigenvalue weighted by Crippen LogP contribution is 2.17. The number of fused-ring (bicyclic) bond motifs is 3. The summed E-state index contributed by atoms with van der Waals surface area (Å²) in [6, 6.07) is 9.06. The molecule has 0 aliphatic rings. The first kappa shape index (κ1) is 19.7. The topological polar surface area (TPSA) is 92.5 Å². The van der Waals surface area contributed by atoms with Gasteiger partial charge >= 0.3 is 11.7 Å². The van der Waals surface area contributed by atoms with Crippen LogP contribution < -0.4 is 11.2 Å². The van der Waals surface area contributed by atoms with Gasteiger partial charge in [0.25, 0.3) is 5.56 Å². The molecule has 1 atom stereocenters. The van der Waals surface area contributed by atoms with E-state index in [1.807, 2.05) is 35.9 Å². The van der Waals surface area contributed by atoms with Crippen molar-refractivity contribution >= 4 is 22.9 Å². The Bertz CT molecular complexity index is 1370. The maximum Gasteiger partial charge on any atom is 0.333 e. The molecule has 156 valence electrons. The molecule has 0 saturated heterocycles. The van der Waals surface area contributed by atoms with Gasteiger partial charge in [-0.2, -0.15) is 4.98 Å². The number of methoxy groups -OCH3 is 1. The van der Waals surface area contributed by atoms with E-state index >= 15 is 0 Å². The largest absolute Gasteiger partial charge is 0.467 e. The van der Waals surface area contributed by atoms with Gasteiger partial charge in [0.15, 0.2) is 11.2 Å². The Balaban J connectivity index is 1.90. The fourth-order valence-electron chi connectivity index (χ4n) is 3.80. The van der Waals surface area contributed by atoms with Crippen molar-refractivity contribution in [1.29, 1.82) is 0 Å². The van der Waals surface area contributed by atoms with Crippen LogP contribution in [0.3, 0.4) is 0 Å². The van der Waals surface area contributed by atoms with E-state index in [-0.39, 0.29) is 11.2 Å². The van der Waals surface area contributed by atoms with Crippen LogP contribution in [0.2, 0.25) is 0 Å². The third kappa shape index (κ3) is 2.94. The van der Waals surface area contributed by atoms with Gasteiger partial charge in [0.1, 0.15) is 6.04 Å². The maximum atomic E-state index is 13.2. The van der Waals surface area contributed by atoms with Crippen molar-refractivity contribution in [3.63, 3.8) is 0 Å². The second-order valence-electron chi connectivity index (χ2n) is 7.33. The van der Waals surface area contributed by atoms with Crippen LogP contribution >= 0.6 is 0 Å². The van der Waals surface area contributed by atoms with Crippen molar-refractivity contribution in [2.45, 2.75) is 32.9 Å². The van der Waals surface area contributed by atoms with Gasteiger partial charge in [-0.3, -0.25) is 13.8 Å². The minimum Gasteiger partial charge on any atom is -0.467 e. The van der Waals surface area contributed by atoms with E-state index in [2.05, 4.69) is 17.1 Å². The summed E-state index contributed by atoms with van der Waals surface area (Å²) in [7, 11) is 2.76. The molecule has 0 N–H and O–H groups in total. The molecule has 30 heavy (non-hydrogen) atoms. The highest BCUT2D eigenvalue weighted by Gasteiger charge is 2.25. The number of aromatic nitrogens is 5. The molecule has 0 bridgehead atoms. The number of imidazole rings is 2. The molecular weight excluding hydrogens is 386 g/mol. The molecule has 9 nitrogen and oxygen atoms in total. The Morgan fingerprint density at radius 3 is 2.57 bits per heavy atom. The predicted octanol–water partition coefficient (Wildman–Crippen LogP) is 1.43. The van der Waals surface area contributed by atoms with Gasteiger partial charge in [-0.25, -0.2) is 14.2 Å². The molecule has 0 aliphatic heterocycles. The van der Waals surface area contributed by atoms with Gasteiger partial charge in [0, 0.05) is 25.5 Å². The van der Waals surface area contributed by atoms with E-state index in [0.717, 1.165) is 16.7 Å². The Labute approximate surface area is 171 Å². The molecule has 3 heterocycles. The van der Waals surface area contributed by atoms with E-state index in [0.29, 0.717) is 12.3 Å². The number of esters is 1. The Morgan fingerprint density at radius 1 is 1.20 bits per heavy atom. The van der Waals surface area contributed by atoms with Crippen LogP contribution in [-0.4, -0.2) is 36.2 Å². The number of hydrogen-bond donors (Lipinski definition) is 0. The van der Waals surface area contributed by atoms with E-state index in [4.69, 9.17) is 4.74 Å². The number of carbonyl (C=O) groups is 1. The summed E-state index contributed by atoms with van der Waals surface area (Å²) >= 11 is 0. The molecule has 0 amide bonds. The first-order valence-electron chi connectivity index (χ1n) is 9.66. The van der Waals surface area contributed by atoms with E-state index < -0.39 is 23.3 Å². The minimum absolute atomic E-state index is 0.254. The van der Waals surface area contributed by atoms with Crippen LogP contribution in [0, 0.1) is 6.92 Å². The van der Waals surface area contributed by atoms with E-state index in [9.17, 15) is 14.4 Å². The van der Waals surface area contributed by atoms with Crippen molar-refractivity contribution < 1.29 is 9.53 Å². The molecule has 0 aliphatic carbocycles. The molecular formula is C21H23N5O4. The minimum atomic E-state index is -1.04. The average molecular weight is 409 g/mol. The summed E-state index contributed by atoms with van der Waals surface area (Å²) in [6.45, 7) is 4.09. The van der Waals surface area contributed by atoms with Gasteiger partial charge in [-0.1, -0.05) is 30.3 Å². The van der Waals surface area contributed by atoms with Crippen molar-refractivity contribution in [2.75, 3.05) is 7.11 Å². The molecule has 0 unspecified atom stereocenters. The number of hydrogen-bond acceptors (Lipinski definition) is 5. The molecule has 4 aromatic rings. The number of rotatable bonds is 5. The molecule has 1 aromatic carbocycles. The third-order valence-electron chi connectivity index (χ3n) is 5.49. The van der Waals surface area contributed by atoms with Crippen molar-refractivity contribution in [3.8, 4) is 0 Å². The lowest BCUT2D eigenvalue weighted by Gasteiger charge is -2.13. The molecule has 0 spiro atoms. The predicted molar refractivity (Wildman–Crippen MR) is 112 cm³/mol. The summed E-state index contributed by atoms with van der Waals surface area (Å²) in [5.41, 5.74) is 1.49. The summed E-state index contributed by atoms with van der Waals surface area (Å²) in [6.07, 6.45) is 2.63. The number of ether oxygens (including phenoxy) is 1. The molecule has 9 heteroatoms. The smallest absolute Gasteiger partial charge is 0.333 e. The summed E-state index contributed by atoms with van der Waals surface area (Å²) in [5, 5.41) is 0. The van der Waals surface area contributed by atoms with Crippen LogP contribution in [0.4, 0.5) is 0 Å². The molecule has 3 aromatic heterocycles. The van der Waals surface area contributed by atoms with Crippen molar-refractivity contribution in [2.24, 2.45) is 7.05 Å². The van der Waals surface area contributed by atoms with E-state index in [1.165, 1.54) is 31.2 Å². The fourth-order valence-corrected chi connectivity index (χ4v) is 3.80. The number of aryl methyl sites for hydroxylation is 4. The maximum absolute atomic E-state index is 13.2. The SMILES string of the molecule is COC(=O)[C@H](C)n1c(=O)c2c(nc3n(CCc4ccccc4)c(C)cn23)n(C)c1=O.